The van der Waals surface area contributed by atoms with Gasteiger partial charge in [-0.2, -0.15) is 0 Å². The number of nitrogens with zero attached hydrogens (tertiary/aromatic N) is 1. The molecule has 0 unspecified atom stereocenters. The number of fused-ring (bicyclic) bond motifs is 9. The third-order valence-corrected chi connectivity index (χ3v) is 14.4. The summed E-state index contributed by atoms with van der Waals surface area (Å²) < 4.78 is 9.10. The first kappa shape index (κ1) is 36.6. The van der Waals surface area contributed by atoms with Crippen LogP contribution in [0.2, 0.25) is 0 Å². The predicted octanol–water partition coefficient (Wildman–Crippen LogP) is 17.3. The van der Waals surface area contributed by atoms with E-state index in [4.69, 9.17) is 4.42 Å². The van der Waals surface area contributed by atoms with E-state index in [1.165, 1.54) is 75.8 Å². The summed E-state index contributed by atoms with van der Waals surface area (Å²) >= 11 is 1.86. The molecule has 296 valence electrons. The van der Waals surface area contributed by atoms with Crippen molar-refractivity contribution >= 4 is 70.5 Å². The summed E-state index contributed by atoms with van der Waals surface area (Å²) in [6.07, 6.45) is 0. The van der Waals surface area contributed by atoms with Crippen LogP contribution < -0.4 is 4.90 Å². The van der Waals surface area contributed by atoms with Crippen LogP contribution >= 0.6 is 11.3 Å². The molecule has 62 heavy (non-hydrogen) atoms. The van der Waals surface area contributed by atoms with Gasteiger partial charge >= 0.3 is 0 Å². The van der Waals surface area contributed by atoms with E-state index < -0.39 is 0 Å². The number of furan rings is 1. The SMILES string of the molecule is Cc1cc(C)c2c(c1)C(C)(C)c1ccc(-c3cccc(N(c4ccc(-c5ccc6sc7ccccc7c6c5)cc4)c4ccc(-c5cccc6c5oc5ccccc56)cc4)c3)cc1-2. The number of thiophene rings is 1. The van der Waals surface area contributed by atoms with Crippen LogP contribution in [0, 0.1) is 13.8 Å². The van der Waals surface area contributed by atoms with Crippen LogP contribution in [0.5, 0.6) is 0 Å². The van der Waals surface area contributed by atoms with Gasteiger partial charge in [-0.1, -0.05) is 141 Å². The molecule has 0 saturated heterocycles. The number of anilines is 3. The summed E-state index contributed by atoms with van der Waals surface area (Å²) in [6, 6.07) is 69.2. The topological polar surface area (TPSA) is 16.4 Å². The zero-order chi connectivity index (χ0) is 41.7. The molecule has 0 amide bonds. The smallest absolute Gasteiger partial charge is 0.143 e. The van der Waals surface area contributed by atoms with Gasteiger partial charge in [0, 0.05) is 59.0 Å². The van der Waals surface area contributed by atoms with Crippen molar-refractivity contribution in [2.45, 2.75) is 33.1 Å². The van der Waals surface area contributed by atoms with E-state index in [0.717, 1.165) is 50.1 Å². The Hall–Kier alpha value is -7.20. The van der Waals surface area contributed by atoms with E-state index in [1.807, 2.05) is 23.5 Å². The van der Waals surface area contributed by atoms with Crippen LogP contribution in [0.15, 0.2) is 192 Å². The van der Waals surface area contributed by atoms with Crippen LogP contribution in [0.1, 0.15) is 36.1 Å². The Morgan fingerprint density at radius 2 is 1.08 bits per heavy atom. The molecule has 0 aliphatic heterocycles. The summed E-state index contributed by atoms with van der Waals surface area (Å²) in [5, 5.41) is 4.91. The first-order valence-corrected chi connectivity index (χ1v) is 22.3. The van der Waals surface area contributed by atoms with E-state index in [2.05, 4.69) is 209 Å². The van der Waals surface area contributed by atoms with E-state index in [0.29, 0.717) is 0 Å². The number of aryl methyl sites for hydroxylation is 2. The van der Waals surface area contributed by atoms with Crippen molar-refractivity contribution in [1.82, 2.24) is 0 Å². The molecule has 0 radical (unpaired) electrons. The normalized spacial score (nSPS) is 13.0. The third-order valence-electron chi connectivity index (χ3n) is 13.2. The second-order valence-corrected chi connectivity index (χ2v) is 18.5. The quantitative estimate of drug-likeness (QED) is 0.166. The minimum absolute atomic E-state index is 0.0455. The molecular weight excluding hydrogens is 771 g/mol. The molecule has 0 spiro atoms. The average Bonchev–Trinajstić information content (AvgIpc) is 3.94. The molecule has 2 heterocycles. The van der Waals surface area contributed by atoms with Gasteiger partial charge in [0.1, 0.15) is 11.2 Å². The van der Waals surface area contributed by atoms with Crippen LogP contribution in [0.3, 0.4) is 0 Å². The fourth-order valence-electron chi connectivity index (χ4n) is 10.2. The van der Waals surface area contributed by atoms with Crippen molar-refractivity contribution in [1.29, 1.82) is 0 Å². The van der Waals surface area contributed by atoms with Gasteiger partial charge in [0.15, 0.2) is 0 Å². The standard InChI is InChI=1S/C59H43NOS/c1-36-31-37(2)57-51-35-42(23-29-52(51)59(3,4)53(57)32-36)40-11-9-12-45(33-40)60(43-25-19-38(20-26-43)41-24-30-56-50(34-41)48-14-6-8-18-55(48)62-56)44-27-21-39(22-28-44)46-15-10-16-49-47-13-5-7-17-54(47)61-58(46)49/h5-35H,1-4H3. The molecule has 3 heteroatoms. The van der Waals surface area contributed by atoms with Gasteiger partial charge in [-0.05, 0) is 136 Å². The molecule has 0 saturated carbocycles. The Bertz CT molecular complexity index is 3570. The molecule has 0 fully saturated rings. The van der Waals surface area contributed by atoms with Crippen molar-refractivity contribution in [3.05, 3.63) is 210 Å². The maximum atomic E-state index is 6.46. The van der Waals surface area contributed by atoms with E-state index in [9.17, 15) is 0 Å². The Labute approximate surface area is 366 Å². The first-order chi connectivity index (χ1) is 30.3. The molecule has 9 aromatic carbocycles. The van der Waals surface area contributed by atoms with E-state index in [1.54, 1.807) is 0 Å². The van der Waals surface area contributed by atoms with Crippen LogP contribution in [0.25, 0.3) is 86.6 Å². The second-order valence-electron chi connectivity index (χ2n) is 17.5. The van der Waals surface area contributed by atoms with E-state index in [-0.39, 0.29) is 5.41 Å². The molecule has 12 rings (SSSR count). The number of rotatable bonds is 6. The van der Waals surface area contributed by atoms with Gasteiger partial charge in [0.05, 0.1) is 0 Å². The zero-order valence-electron chi connectivity index (χ0n) is 35.2. The summed E-state index contributed by atoms with van der Waals surface area (Å²) in [6.45, 7) is 9.20. The maximum absolute atomic E-state index is 6.46. The molecule has 2 nitrogen and oxygen atoms in total. The van der Waals surface area contributed by atoms with Gasteiger partial charge in [-0.25, -0.2) is 0 Å². The minimum Gasteiger partial charge on any atom is -0.455 e. The highest BCUT2D eigenvalue weighted by molar-refractivity contribution is 7.25. The van der Waals surface area contributed by atoms with Crippen LogP contribution in [0.4, 0.5) is 17.1 Å². The number of para-hydroxylation sites is 2. The predicted molar refractivity (Wildman–Crippen MR) is 265 cm³/mol. The average molecular weight is 814 g/mol. The summed E-state index contributed by atoms with van der Waals surface area (Å²) in [4.78, 5) is 2.38. The second kappa shape index (κ2) is 13.9. The number of benzene rings is 9. The molecular formula is C59H43NOS. The fourth-order valence-corrected chi connectivity index (χ4v) is 11.3. The molecule has 2 aromatic heterocycles. The molecule has 1 aliphatic rings. The van der Waals surface area contributed by atoms with Crippen LogP contribution in [-0.2, 0) is 5.41 Å². The van der Waals surface area contributed by atoms with Crippen LogP contribution in [-0.4, -0.2) is 0 Å². The highest BCUT2D eigenvalue weighted by Crippen LogP contribution is 2.51. The lowest BCUT2D eigenvalue weighted by Gasteiger charge is -2.26. The van der Waals surface area contributed by atoms with Gasteiger partial charge in [-0.15, -0.1) is 11.3 Å². The lowest BCUT2D eigenvalue weighted by Crippen LogP contribution is -2.15. The molecule has 11 aromatic rings. The van der Waals surface area contributed by atoms with Gasteiger partial charge in [0.25, 0.3) is 0 Å². The number of hydrogen-bond acceptors (Lipinski definition) is 3. The Morgan fingerprint density at radius 3 is 1.90 bits per heavy atom. The molecule has 0 atom stereocenters. The zero-order valence-corrected chi connectivity index (χ0v) is 36.0. The molecule has 1 aliphatic carbocycles. The highest BCUT2D eigenvalue weighted by atomic mass is 32.1. The highest BCUT2D eigenvalue weighted by Gasteiger charge is 2.36. The van der Waals surface area contributed by atoms with Crippen molar-refractivity contribution in [2.75, 3.05) is 4.90 Å². The summed E-state index contributed by atoms with van der Waals surface area (Å²) in [5.41, 5.74) is 20.3. The van der Waals surface area contributed by atoms with Crippen molar-refractivity contribution in [3.63, 3.8) is 0 Å². The molecule has 0 N–H and O–H groups in total. The lowest BCUT2D eigenvalue weighted by molar-refractivity contribution is 0.659. The Kier molecular flexibility index (Phi) is 8.23. The van der Waals surface area contributed by atoms with Gasteiger partial charge in [0.2, 0.25) is 0 Å². The lowest BCUT2D eigenvalue weighted by atomic mass is 9.81. The summed E-state index contributed by atoms with van der Waals surface area (Å²) in [7, 11) is 0. The largest absolute Gasteiger partial charge is 0.455 e. The summed E-state index contributed by atoms with van der Waals surface area (Å²) in [5.74, 6) is 0. The number of hydrogen-bond donors (Lipinski definition) is 0. The Morgan fingerprint density at radius 1 is 0.435 bits per heavy atom. The monoisotopic (exact) mass is 813 g/mol. The Balaban J connectivity index is 0.961. The van der Waals surface area contributed by atoms with E-state index >= 15 is 0 Å². The van der Waals surface area contributed by atoms with Crippen molar-refractivity contribution in [3.8, 4) is 44.5 Å². The third kappa shape index (κ3) is 5.76. The van der Waals surface area contributed by atoms with Crippen molar-refractivity contribution < 1.29 is 4.42 Å². The van der Waals surface area contributed by atoms with Crippen molar-refractivity contribution in [2.24, 2.45) is 0 Å². The first-order valence-electron chi connectivity index (χ1n) is 21.5. The minimum atomic E-state index is -0.0455. The maximum Gasteiger partial charge on any atom is 0.143 e. The van der Waals surface area contributed by atoms with Gasteiger partial charge < -0.3 is 9.32 Å². The fraction of sp³-hybridized carbons (Fsp3) is 0.0847. The van der Waals surface area contributed by atoms with Gasteiger partial charge in [-0.3, -0.25) is 0 Å². The molecule has 0 bridgehead atoms.